The van der Waals surface area contributed by atoms with Gasteiger partial charge in [0.2, 0.25) is 0 Å². The van der Waals surface area contributed by atoms with Crippen molar-refractivity contribution in [2.24, 2.45) is 11.3 Å². The van der Waals surface area contributed by atoms with Crippen LogP contribution in [0.15, 0.2) is 60.2 Å². The third kappa shape index (κ3) is 5.62. The summed E-state index contributed by atoms with van der Waals surface area (Å²) in [5.41, 5.74) is 1.98. The van der Waals surface area contributed by atoms with E-state index in [1.807, 2.05) is 27.0 Å². The first-order valence-corrected chi connectivity index (χ1v) is 21.8. The Morgan fingerprint density at radius 3 is 2.52 bits per heavy atom. The smallest absolute Gasteiger partial charge is 0.322 e. The number of para-hydroxylation sites is 1. The zero-order valence-electron chi connectivity index (χ0n) is 36.3. The average molecular weight is 821 g/mol. The molecule has 0 radical (unpaired) electrons. The van der Waals surface area contributed by atoms with Crippen LogP contribution in [0.2, 0.25) is 0 Å². The molecule has 1 aromatic heterocycles. The maximum absolute atomic E-state index is 15.4. The summed E-state index contributed by atoms with van der Waals surface area (Å²) in [5, 5.41) is 14.6. The SMILES string of the molecule is CCC1=C[C@@H]2CN(C1)Cc1c([nH]c3ccccc13)[C@@](C(=O)OC)(c1cc3c(cc1OC(C)C)N(C)[C@H]1[C@@](O)(COC(C)=O)[C@H](OC(C)=O)[C@]4(CC)C=CCN5CC[C@]31[C@@H]54)C2. The van der Waals surface area contributed by atoms with E-state index in [0.717, 1.165) is 65.0 Å². The molecule has 9 atom stereocenters. The van der Waals surface area contributed by atoms with Crippen LogP contribution >= 0.6 is 0 Å². The van der Waals surface area contributed by atoms with Crippen LogP contribution in [0.3, 0.4) is 0 Å². The molecule has 60 heavy (non-hydrogen) atoms. The van der Waals surface area contributed by atoms with Gasteiger partial charge in [0.05, 0.1) is 19.3 Å². The Kier molecular flexibility index (Phi) is 9.83. The van der Waals surface area contributed by atoms with Gasteiger partial charge in [-0.3, -0.25) is 24.2 Å². The highest BCUT2D eigenvalue weighted by Crippen LogP contribution is 2.68. The average Bonchev–Trinajstić information content (AvgIpc) is 3.86. The highest BCUT2D eigenvalue weighted by atomic mass is 16.6. The van der Waals surface area contributed by atoms with Gasteiger partial charge in [0.1, 0.15) is 23.9 Å². The second-order valence-electron chi connectivity index (χ2n) is 18.6. The van der Waals surface area contributed by atoms with Gasteiger partial charge in [0, 0.05) is 97.9 Å². The molecule has 2 aromatic carbocycles. The number of carbonyl (C=O) groups is 3. The van der Waals surface area contributed by atoms with Gasteiger partial charge in [-0.25, -0.2) is 0 Å². The van der Waals surface area contributed by atoms with Crippen LogP contribution < -0.4 is 9.64 Å². The maximum Gasteiger partial charge on any atom is 0.322 e. The molecular weight excluding hydrogens is 761 g/mol. The number of nitrogens with zero attached hydrogens (tertiary/aromatic N) is 3. The fourth-order valence-electron chi connectivity index (χ4n) is 13.2. The van der Waals surface area contributed by atoms with Crippen LogP contribution in [0, 0.1) is 11.3 Å². The lowest BCUT2D eigenvalue weighted by molar-refractivity contribution is -0.232. The normalized spacial score (nSPS) is 33.9. The van der Waals surface area contributed by atoms with Gasteiger partial charge in [0.25, 0.3) is 0 Å². The number of hydrogen-bond donors (Lipinski definition) is 2. The Bertz CT molecular complexity index is 2320. The zero-order valence-corrected chi connectivity index (χ0v) is 36.3. The topological polar surface area (TPSA) is 134 Å². The number of methoxy groups -OCH3 is 1. The molecule has 12 heteroatoms. The summed E-state index contributed by atoms with van der Waals surface area (Å²) in [5.74, 6) is -0.817. The van der Waals surface area contributed by atoms with Gasteiger partial charge in [-0.2, -0.15) is 0 Å². The number of carbonyl (C=O) groups excluding carboxylic acids is 3. The number of rotatable bonds is 9. The number of H-pyrrole nitrogens is 1. The van der Waals surface area contributed by atoms with E-state index in [2.05, 4.69) is 82.1 Å². The summed E-state index contributed by atoms with van der Waals surface area (Å²) < 4.78 is 25.0. The van der Waals surface area contributed by atoms with Crippen molar-refractivity contribution in [3.05, 3.63) is 82.6 Å². The molecule has 1 spiro atoms. The van der Waals surface area contributed by atoms with Crippen molar-refractivity contribution in [1.29, 1.82) is 0 Å². The van der Waals surface area contributed by atoms with Gasteiger partial charge >= 0.3 is 17.9 Å². The Hall–Kier alpha value is -4.65. The highest BCUT2D eigenvalue weighted by molar-refractivity contribution is 5.94. The summed E-state index contributed by atoms with van der Waals surface area (Å²) in [7, 11) is 3.45. The molecule has 1 saturated carbocycles. The first-order valence-electron chi connectivity index (χ1n) is 21.8. The number of anilines is 1. The van der Waals surface area contributed by atoms with E-state index < -0.39 is 45.9 Å². The quantitative estimate of drug-likeness (QED) is 0.151. The maximum atomic E-state index is 15.4. The van der Waals surface area contributed by atoms with Crippen LogP contribution in [0.1, 0.15) is 89.6 Å². The van der Waals surface area contributed by atoms with E-state index in [0.29, 0.717) is 38.1 Å². The molecule has 1 saturated heterocycles. The third-order valence-corrected chi connectivity index (χ3v) is 15.0. The Morgan fingerprint density at radius 2 is 1.82 bits per heavy atom. The second-order valence-corrected chi connectivity index (χ2v) is 18.6. The predicted molar refractivity (Wildman–Crippen MR) is 228 cm³/mol. The molecule has 2 fully saturated rings. The van der Waals surface area contributed by atoms with Crippen LogP contribution in [-0.4, -0.2) is 115 Å². The molecule has 3 aromatic rings. The molecular formula is C48H60N4O8. The number of likely N-dealkylation sites (N-methyl/N-ethyl adjacent to an activating group) is 1. The lowest BCUT2D eigenvalue weighted by Gasteiger charge is -2.64. The summed E-state index contributed by atoms with van der Waals surface area (Å²) in [6, 6.07) is 11.7. The monoisotopic (exact) mass is 820 g/mol. The molecule has 320 valence electrons. The van der Waals surface area contributed by atoms with E-state index in [9.17, 15) is 14.7 Å². The first-order chi connectivity index (χ1) is 28.7. The number of aromatic nitrogens is 1. The van der Waals surface area contributed by atoms with Gasteiger partial charge in [0.15, 0.2) is 5.60 Å². The lowest BCUT2D eigenvalue weighted by Crippen LogP contribution is -2.80. The number of nitrogens with one attached hydrogen (secondary N) is 1. The molecule has 2 bridgehead atoms. The minimum atomic E-state index is -1.84. The van der Waals surface area contributed by atoms with Crippen molar-refractivity contribution in [2.45, 2.75) is 114 Å². The fraction of sp³-hybridized carbons (Fsp3) is 0.562. The molecule has 6 heterocycles. The molecule has 0 amide bonds. The minimum absolute atomic E-state index is 0.0345. The van der Waals surface area contributed by atoms with Crippen LogP contribution in [0.4, 0.5) is 5.69 Å². The lowest BCUT2D eigenvalue weighted by atomic mass is 9.47. The standard InChI is InChI=1S/C48H60N4O8/c1-9-31-20-32-23-47(44(55)57-8,40-34(26-51(24-31)25-32)33-14-11-12-15-37(33)49-40)36-21-35-38(22-39(36)59-28(3)4)50(7)42-46(35)17-19-52-18-13-16-45(10-2,41(46)52)43(60-30(6)54)48(42,56)27-58-29(5)53/h11-16,20-22,28,32,41-43,49,56H,9-10,17-19,23-27H2,1-8H3/t32-,41-,42+,43+,45+,46+,47-,48-/m0/s1. The molecule has 12 nitrogen and oxygen atoms in total. The molecule has 1 aliphatic carbocycles. The summed E-state index contributed by atoms with van der Waals surface area (Å²) in [6.07, 6.45) is 7.95. The number of benzene rings is 2. The van der Waals surface area contributed by atoms with E-state index >= 15 is 4.79 Å². The Morgan fingerprint density at radius 1 is 1.03 bits per heavy atom. The van der Waals surface area contributed by atoms with E-state index in [1.54, 1.807) is 0 Å². The molecule has 1 unspecified atom stereocenters. The van der Waals surface area contributed by atoms with Crippen LogP contribution in [0.25, 0.3) is 10.9 Å². The van der Waals surface area contributed by atoms with E-state index in [-0.39, 0.29) is 30.6 Å². The van der Waals surface area contributed by atoms with Crippen LogP contribution in [0.5, 0.6) is 5.75 Å². The van der Waals surface area contributed by atoms with E-state index in [4.69, 9.17) is 18.9 Å². The van der Waals surface area contributed by atoms with Gasteiger partial charge in [-0.15, -0.1) is 0 Å². The Labute approximate surface area is 352 Å². The fourth-order valence-corrected chi connectivity index (χ4v) is 13.2. The van der Waals surface area contributed by atoms with Gasteiger partial charge in [-0.1, -0.05) is 55.8 Å². The number of aromatic amines is 1. The zero-order chi connectivity index (χ0) is 42.5. The van der Waals surface area contributed by atoms with Crippen LogP contribution in [-0.2, 0) is 46.0 Å². The third-order valence-electron chi connectivity index (χ3n) is 15.0. The number of ether oxygens (including phenoxy) is 4. The van der Waals surface area contributed by atoms with Crippen molar-refractivity contribution in [3.8, 4) is 5.75 Å². The van der Waals surface area contributed by atoms with Gasteiger partial charge in [-0.05, 0) is 75.3 Å². The Balaban J connectivity index is 1.37. The molecule has 5 aliphatic heterocycles. The first kappa shape index (κ1) is 40.7. The number of esters is 3. The largest absolute Gasteiger partial charge is 0.491 e. The minimum Gasteiger partial charge on any atom is -0.491 e. The second kappa shape index (κ2) is 14.5. The number of aliphatic hydroxyl groups is 1. The number of fused-ring (bicyclic) bond motifs is 6. The number of hydrogen-bond acceptors (Lipinski definition) is 11. The van der Waals surface area contributed by atoms with Gasteiger partial charge < -0.3 is 33.9 Å². The summed E-state index contributed by atoms with van der Waals surface area (Å²) in [4.78, 5) is 52.0. The van der Waals surface area contributed by atoms with Crippen molar-refractivity contribution < 1.29 is 38.4 Å². The van der Waals surface area contributed by atoms with Crippen molar-refractivity contribution >= 4 is 34.5 Å². The summed E-state index contributed by atoms with van der Waals surface area (Å²) in [6.45, 7) is 14.4. The predicted octanol–water partition coefficient (Wildman–Crippen LogP) is 5.92. The molecule has 6 aliphatic rings. The molecule has 2 N–H and O–H groups in total. The highest BCUT2D eigenvalue weighted by Gasteiger charge is 2.78. The molecule has 9 rings (SSSR count). The van der Waals surface area contributed by atoms with Crippen molar-refractivity contribution in [1.82, 2.24) is 14.8 Å². The van der Waals surface area contributed by atoms with Crippen molar-refractivity contribution in [3.63, 3.8) is 0 Å². The van der Waals surface area contributed by atoms with E-state index in [1.165, 1.54) is 26.5 Å². The summed E-state index contributed by atoms with van der Waals surface area (Å²) >= 11 is 0. The van der Waals surface area contributed by atoms with Crippen molar-refractivity contribution in [2.75, 3.05) is 51.8 Å².